The lowest BCUT2D eigenvalue weighted by Crippen LogP contribution is -2.42. The molecule has 1 aromatic rings. The highest BCUT2D eigenvalue weighted by atomic mass is 79.9. The third-order valence-corrected chi connectivity index (χ3v) is 5.27. The van der Waals surface area contributed by atoms with E-state index in [1.807, 2.05) is 7.05 Å². The number of halogens is 1. The zero-order valence-electron chi connectivity index (χ0n) is 13.9. The molecule has 2 heterocycles. The van der Waals surface area contributed by atoms with E-state index in [0.717, 1.165) is 43.2 Å². The van der Waals surface area contributed by atoms with Gasteiger partial charge in [-0.1, -0.05) is 34.1 Å². The van der Waals surface area contributed by atoms with Gasteiger partial charge in [0.2, 0.25) is 0 Å². The van der Waals surface area contributed by atoms with Crippen LogP contribution in [0.15, 0.2) is 39.8 Å². The Bertz CT molecular complexity index is 603. The Morgan fingerprint density at radius 2 is 2.13 bits per heavy atom. The quantitative estimate of drug-likeness (QED) is 0.499. The molecule has 0 aliphatic carbocycles. The summed E-state index contributed by atoms with van der Waals surface area (Å²) >= 11 is 3.52. The van der Waals surface area contributed by atoms with Crippen molar-refractivity contribution in [3.63, 3.8) is 0 Å². The van der Waals surface area contributed by atoms with Crippen molar-refractivity contribution in [1.29, 1.82) is 0 Å². The molecule has 23 heavy (non-hydrogen) atoms. The number of hydrogen-bond acceptors (Lipinski definition) is 2. The summed E-state index contributed by atoms with van der Waals surface area (Å²) in [6.45, 7) is 7.32. The number of aliphatic imine (C=N–C) groups is 1. The predicted molar refractivity (Wildman–Crippen MR) is 99.8 cm³/mol. The van der Waals surface area contributed by atoms with Crippen LogP contribution in [0.3, 0.4) is 0 Å². The van der Waals surface area contributed by atoms with Gasteiger partial charge in [-0.3, -0.25) is 9.89 Å². The van der Waals surface area contributed by atoms with Gasteiger partial charge < -0.3 is 10.2 Å². The van der Waals surface area contributed by atoms with E-state index in [4.69, 9.17) is 0 Å². The minimum atomic E-state index is 0.651. The molecule has 2 aliphatic heterocycles. The van der Waals surface area contributed by atoms with Gasteiger partial charge in [0.05, 0.1) is 0 Å². The molecule has 1 N–H and O–H groups in total. The highest BCUT2D eigenvalue weighted by molar-refractivity contribution is 9.10. The fraction of sp³-hybridized carbons (Fsp3) is 0.500. The van der Waals surface area contributed by atoms with Crippen molar-refractivity contribution in [2.45, 2.75) is 25.9 Å². The maximum atomic E-state index is 4.48. The first-order valence-electron chi connectivity index (χ1n) is 8.27. The third kappa shape index (κ3) is 3.96. The normalized spacial score (nSPS) is 22.1. The molecule has 1 unspecified atom stereocenters. The van der Waals surface area contributed by atoms with Gasteiger partial charge in [-0.15, -0.1) is 0 Å². The molecule has 0 radical (unpaired) electrons. The third-order valence-electron chi connectivity index (χ3n) is 4.78. The van der Waals surface area contributed by atoms with Gasteiger partial charge in [-0.25, -0.2) is 0 Å². The summed E-state index contributed by atoms with van der Waals surface area (Å²) in [4.78, 5) is 9.42. The number of aryl methyl sites for hydroxylation is 1. The number of guanidine groups is 1. The molecule has 0 aromatic heterocycles. The molecule has 3 rings (SSSR count). The van der Waals surface area contributed by atoms with Gasteiger partial charge in [0.15, 0.2) is 5.96 Å². The number of rotatable bonds is 3. The van der Waals surface area contributed by atoms with E-state index in [1.165, 1.54) is 17.5 Å². The topological polar surface area (TPSA) is 30.9 Å². The molecule has 0 spiro atoms. The number of hydrogen-bond donors (Lipinski definition) is 1. The van der Waals surface area contributed by atoms with Crippen LogP contribution in [0.25, 0.3) is 0 Å². The van der Waals surface area contributed by atoms with Gasteiger partial charge in [0.25, 0.3) is 0 Å². The average molecular weight is 377 g/mol. The predicted octanol–water partition coefficient (Wildman–Crippen LogP) is 2.78. The Morgan fingerprint density at radius 1 is 1.35 bits per heavy atom. The van der Waals surface area contributed by atoms with E-state index >= 15 is 0 Å². The van der Waals surface area contributed by atoms with Crippen LogP contribution >= 0.6 is 15.9 Å². The fourth-order valence-corrected chi connectivity index (χ4v) is 3.86. The summed E-state index contributed by atoms with van der Waals surface area (Å²) in [6, 6.07) is 7.07. The zero-order chi connectivity index (χ0) is 16.2. The first kappa shape index (κ1) is 16.5. The number of benzene rings is 1. The Kier molecular flexibility index (Phi) is 5.38. The summed E-state index contributed by atoms with van der Waals surface area (Å²) in [6.07, 6.45) is 5.76. The van der Waals surface area contributed by atoms with E-state index in [0.29, 0.717) is 6.04 Å². The summed E-state index contributed by atoms with van der Waals surface area (Å²) < 4.78 is 1.13. The molecule has 124 valence electrons. The fourth-order valence-electron chi connectivity index (χ4n) is 3.39. The Hall–Kier alpha value is -1.33. The van der Waals surface area contributed by atoms with E-state index in [-0.39, 0.29) is 0 Å². The lowest BCUT2D eigenvalue weighted by Gasteiger charge is -2.25. The molecule has 0 amide bonds. The number of nitrogens with one attached hydrogen (secondary N) is 1. The van der Waals surface area contributed by atoms with E-state index < -0.39 is 0 Å². The molecule has 0 saturated carbocycles. The van der Waals surface area contributed by atoms with E-state index in [1.54, 1.807) is 0 Å². The monoisotopic (exact) mass is 376 g/mol. The molecule has 4 nitrogen and oxygen atoms in total. The summed E-state index contributed by atoms with van der Waals surface area (Å²) in [7, 11) is 1.88. The highest BCUT2D eigenvalue weighted by Gasteiger charge is 2.29. The molecule has 2 aliphatic rings. The van der Waals surface area contributed by atoms with E-state index in [9.17, 15) is 0 Å². The van der Waals surface area contributed by atoms with Crippen molar-refractivity contribution < 1.29 is 0 Å². The standard InChI is InChI=1S/C18H25BrN4/c1-14-11-16(19)6-5-15(14)12-21-18(20-2)23-10-7-17(13-23)22-8-3-4-9-22/h3-6,11,17H,7-10,12-13H2,1-2H3,(H,20,21). The maximum absolute atomic E-state index is 4.48. The largest absolute Gasteiger partial charge is 0.352 e. The molecular formula is C18H25BrN4. The van der Waals surface area contributed by atoms with Crippen LogP contribution in [0.4, 0.5) is 0 Å². The van der Waals surface area contributed by atoms with Crippen LogP contribution in [0.1, 0.15) is 17.5 Å². The maximum Gasteiger partial charge on any atom is 0.193 e. The highest BCUT2D eigenvalue weighted by Crippen LogP contribution is 2.19. The molecule has 1 saturated heterocycles. The first-order chi connectivity index (χ1) is 11.2. The van der Waals surface area contributed by atoms with Crippen molar-refractivity contribution in [3.05, 3.63) is 46.0 Å². The minimum Gasteiger partial charge on any atom is -0.352 e. The van der Waals surface area contributed by atoms with Crippen LogP contribution in [0.2, 0.25) is 0 Å². The first-order valence-corrected chi connectivity index (χ1v) is 9.06. The summed E-state index contributed by atoms with van der Waals surface area (Å²) in [5.74, 6) is 1.02. The van der Waals surface area contributed by atoms with Crippen molar-refractivity contribution in [3.8, 4) is 0 Å². The summed E-state index contributed by atoms with van der Waals surface area (Å²) in [5, 5.41) is 3.53. The van der Waals surface area contributed by atoms with Gasteiger partial charge in [0, 0.05) is 50.3 Å². The summed E-state index contributed by atoms with van der Waals surface area (Å²) in [5.41, 5.74) is 2.61. The van der Waals surface area contributed by atoms with Gasteiger partial charge in [0.1, 0.15) is 0 Å². The Balaban J connectivity index is 1.56. The van der Waals surface area contributed by atoms with Gasteiger partial charge in [-0.05, 0) is 36.6 Å². The second-order valence-electron chi connectivity index (χ2n) is 6.29. The molecule has 0 bridgehead atoms. The molecular weight excluding hydrogens is 352 g/mol. The number of nitrogens with zero attached hydrogens (tertiary/aromatic N) is 3. The van der Waals surface area contributed by atoms with Crippen molar-refractivity contribution in [2.24, 2.45) is 4.99 Å². The molecule has 1 fully saturated rings. The molecule has 1 atom stereocenters. The average Bonchev–Trinajstić information content (AvgIpc) is 3.20. The lowest BCUT2D eigenvalue weighted by molar-refractivity contribution is 0.259. The van der Waals surface area contributed by atoms with E-state index in [2.05, 4.69) is 73.3 Å². The second-order valence-corrected chi connectivity index (χ2v) is 7.20. The minimum absolute atomic E-state index is 0.651. The molecule has 1 aromatic carbocycles. The number of likely N-dealkylation sites (tertiary alicyclic amines) is 1. The van der Waals surface area contributed by atoms with Crippen LogP contribution in [0.5, 0.6) is 0 Å². The van der Waals surface area contributed by atoms with Crippen LogP contribution in [-0.4, -0.2) is 55.0 Å². The lowest BCUT2D eigenvalue weighted by atomic mass is 10.1. The van der Waals surface area contributed by atoms with Crippen LogP contribution < -0.4 is 5.32 Å². The van der Waals surface area contributed by atoms with Crippen molar-refractivity contribution >= 4 is 21.9 Å². The van der Waals surface area contributed by atoms with Crippen LogP contribution in [-0.2, 0) is 6.54 Å². The smallest absolute Gasteiger partial charge is 0.193 e. The van der Waals surface area contributed by atoms with Crippen LogP contribution in [0, 0.1) is 6.92 Å². The van der Waals surface area contributed by atoms with Gasteiger partial charge >= 0.3 is 0 Å². The Morgan fingerprint density at radius 3 is 2.83 bits per heavy atom. The SMILES string of the molecule is CN=C(NCc1ccc(Br)cc1C)N1CCC(N2CC=CC2)C1. The Labute approximate surface area is 147 Å². The zero-order valence-corrected chi connectivity index (χ0v) is 15.5. The second kappa shape index (κ2) is 7.49. The van der Waals surface area contributed by atoms with Crippen molar-refractivity contribution in [1.82, 2.24) is 15.1 Å². The van der Waals surface area contributed by atoms with Crippen molar-refractivity contribution in [2.75, 3.05) is 33.2 Å². The molecule has 5 heteroatoms. The van der Waals surface area contributed by atoms with Gasteiger partial charge in [-0.2, -0.15) is 0 Å².